The normalized spacial score (nSPS) is 16.5. The van der Waals surface area contributed by atoms with Crippen molar-refractivity contribution < 1.29 is 19.1 Å². The number of hydrogen-bond acceptors (Lipinski definition) is 4. The third kappa shape index (κ3) is 3.42. The van der Waals surface area contributed by atoms with E-state index in [1.54, 1.807) is 24.3 Å². The van der Waals surface area contributed by atoms with Crippen LogP contribution in [0.15, 0.2) is 54.6 Å². The third-order valence-corrected chi connectivity index (χ3v) is 5.33. The van der Waals surface area contributed by atoms with Crippen molar-refractivity contribution in [1.82, 2.24) is 4.90 Å². The highest BCUT2D eigenvalue weighted by Gasteiger charge is 2.42. The van der Waals surface area contributed by atoms with Gasteiger partial charge in [0.15, 0.2) is 5.78 Å². The van der Waals surface area contributed by atoms with E-state index in [0.717, 1.165) is 5.56 Å². The second-order valence-electron chi connectivity index (χ2n) is 5.98. The van der Waals surface area contributed by atoms with Gasteiger partial charge in [0.2, 0.25) is 11.8 Å². The fourth-order valence-corrected chi connectivity index (χ4v) is 3.93. The Morgan fingerprint density at radius 1 is 1.00 bits per heavy atom. The number of alkyl halides is 1. The molecule has 1 aliphatic heterocycles. The number of likely N-dealkylation sites (tertiary alicyclic amines) is 1. The zero-order valence-electron chi connectivity index (χ0n) is 14.2. The monoisotopic (exact) mass is 415 g/mol. The summed E-state index contributed by atoms with van der Waals surface area (Å²) in [5, 5.41) is 0. The predicted octanol–water partition coefficient (Wildman–Crippen LogP) is 3.53. The lowest BCUT2D eigenvalue weighted by Crippen LogP contribution is -2.41. The van der Waals surface area contributed by atoms with Gasteiger partial charge in [0, 0.05) is 12.8 Å². The van der Waals surface area contributed by atoms with Gasteiger partial charge in [-0.05, 0) is 17.7 Å². The number of para-hydroxylation sites is 1. The second-order valence-corrected chi connectivity index (χ2v) is 6.97. The van der Waals surface area contributed by atoms with Gasteiger partial charge in [-0.2, -0.15) is 0 Å². The van der Waals surface area contributed by atoms with Crippen LogP contribution in [0.4, 0.5) is 0 Å². The van der Waals surface area contributed by atoms with E-state index in [1.165, 1.54) is 12.0 Å². The van der Waals surface area contributed by atoms with Gasteiger partial charge in [-0.15, -0.1) is 0 Å². The number of ether oxygens (including phenoxy) is 1. The van der Waals surface area contributed by atoms with Gasteiger partial charge in [0.25, 0.3) is 0 Å². The fourth-order valence-electron chi connectivity index (χ4n) is 3.14. The molecular formula is C20H18BrNO4. The van der Waals surface area contributed by atoms with Crippen LogP contribution in [0.5, 0.6) is 5.75 Å². The number of rotatable bonds is 6. The van der Waals surface area contributed by atoms with Crippen LogP contribution < -0.4 is 4.74 Å². The van der Waals surface area contributed by atoms with Gasteiger partial charge in [-0.25, -0.2) is 0 Å². The molecule has 2 amide bonds. The Bertz CT molecular complexity index is 821. The zero-order valence-corrected chi connectivity index (χ0v) is 15.8. The summed E-state index contributed by atoms with van der Waals surface area (Å²) >= 11 is 3.46. The molecule has 0 N–H and O–H groups in total. The third-order valence-electron chi connectivity index (χ3n) is 4.41. The number of ketones is 1. The molecule has 2 aromatic carbocycles. The molecule has 26 heavy (non-hydrogen) atoms. The van der Waals surface area contributed by atoms with E-state index in [4.69, 9.17) is 4.74 Å². The molecule has 2 atom stereocenters. The smallest absolute Gasteiger partial charge is 0.230 e. The van der Waals surface area contributed by atoms with Crippen LogP contribution in [0.2, 0.25) is 0 Å². The summed E-state index contributed by atoms with van der Waals surface area (Å²) in [5.74, 6) is -0.320. The van der Waals surface area contributed by atoms with Crippen molar-refractivity contribution in [2.24, 2.45) is 0 Å². The Morgan fingerprint density at radius 3 is 2.19 bits per heavy atom. The highest BCUT2D eigenvalue weighted by atomic mass is 79.9. The van der Waals surface area contributed by atoms with Crippen LogP contribution in [0, 0.1) is 0 Å². The molecule has 1 fully saturated rings. The Balaban J connectivity index is 2.03. The minimum absolute atomic E-state index is 0.171. The van der Waals surface area contributed by atoms with Crippen molar-refractivity contribution in [3.8, 4) is 5.75 Å². The van der Waals surface area contributed by atoms with E-state index in [1.807, 2.05) is 30.3 Å². The van der Waals surface area contributed by atoms with Gasteiger partial charge in [-0.1, -0.05) is 58.4 Å². The van der Waals surface area contributed by atoms with Gasteiger partial charge >= 0.3 is 0 Å². The quantitative estimate of drug-likeness (QED) is 0.411. The topological polar surface area (TPSA) is 63.7 Å². The van der Waals surface area contributed by atoms with Crippen molar-refractivity contribution in [3.63, 3.8) is 0 Å². The molecule has 1 heterocycles. The molecule has 134 valence electrons. The number of carbonyl (C=O) groups is 3. The SMILES string of the molecule is COc1ccccc1C(=O)[C@H](Br)[C@@H](c1ccccc1)N1C(=O)CCC1=O. The molecule has 0 radical (unpaired) electrons. The maximum absolute atomic E-state index is 13.1. The largest absolute Gasteiger partial charge is 0.496 e. The summed E-state index contributed by atoms with van der Waals surface area (Å²) in [5.41, 5.74) is 1.12. The summed E-state index contributed by atoms with van der Waals surface area (Å²) < 4.78 is 5.28. The molecule has 0 saturated carbocycles. The van der Waals surface area contributed by atoms with Gasteiger partial charge in [0.1, 0.15) is 10.6 Å². The highest BCUT2D eigenvalue weighted by molar-refractivity contribution is 9.10. The zero-order chi connectivity index (χ0) is 18.7. The number of methoxy groups -OCH3 is 1. The molecule has 1 saturated heterocycles. The lowest BCUT2D eigenvalue weighted by atomic mass is 9.96. The minimum atomic E-state index is -0.785. The van der Waals surface area contributed by atoms with Crippen molar-refractivity contribution in [2.75, 3.05) is 7.11 Å². The summed E-state index contributed by atoms with van der Waals surface area (Å²) in [6, 6.07) is 15.3. The number of Topliss-reactive ketones (excluding diaryl/α,β-unsaturated/α-hetero) is 1. The van der Waals surface area contributed by atoms with Crippen LogP contribution >= 0.6 is 15.9 Å². The van der Waals surface area contributed by atoms with Gasteiger partial charge in [-0.3, -0.25) is 19.3 Å². The Hall–Kier alpha value is -2.47. The van der Waals surface area contributed by atoms with Crippen LogP contribution in [-0.4, -0.2) is 34.4 Å². The predicted molar refractivity (Wildman–Crippen MR) is 100 cm³/mol. The van der Waals surface area contributed by atoms with E-state index in [-0.39, 0.29) is 30.4 Å². The summed E-state index contributed by atoms with van der Waals surface area (Å²) in [4.78, 5) is 38.2. The number of imide groups is 1. The average molecular weight is 416 g/mol. The Labute approximate surface area is 160 Å². The number of hydrogen-bond donors (Lipinski definition) is 0. The molecule has 0 unspecified atom stereocenters. The van der Waals surface area contributed by atoms with E-state index < -0.39 is 10.9 Å². The molecule has 6 heteroatoms. The molecular weight excluding hydrogens is 398 g/mol. The fraction of sp³-hybridized carbons (Fsp3) is 0.250. The van der Waals surface area contributed by atoms with Crippen molar-refractivity contribution in [2.45, 2.75) is 23.7 Å². The van der Waals surface area contributed by atoms with E-state index in [9.17, 15) is 14.4 Å². The molecule has 5 nitrogen and oxygen atoms in total. The van der Waals surface area contributed by atoms with E-state index in [2.05, 4.69) is 15.9 Å². The molecule has 0 spiro atoms. The van der Waals surface area contributed by atoms with Crippen LogP contribution in [0.1, 0.15) is 34.8 Å². The number of carbonyl (C=O) groups excluding carboxylic acids is 3. The molecule has 2 aromatic rings. The lowest BCUT2D eigenvalue weighted by Gasteiger charge is -2.30. The summed E-state index contributed by atoms with van der Waals surface area (Å²) in [7, 11) is 1.50. The second kappa shape index (κ2) is 7.83. The van der Waals surface area contributed by atoms with Crippen LogP contribution in [0.25, 0.3) is 0 Å². The summed E-state index contributed by atoms with van der Waals surface area (Å²) in [6.07, 6.45) is 0.343. The number of amides is 2. The Morgan fingerprint density at radius 2 is 1.58 bits per heavy atom. The van der Waals surface area contributed by atoms with Crippen molar-refractivity contribution >= 4 is 33.5 Å². The number of nitrogens with zero attached hydrogens (tertiary/aromatic N) is 1. The maximum atomic E-state index is 13.1. The van der Waals surface area contributed by atoms with Crippen molar-refractivity contribution in [1.29, 1.82) is 0 Å². The number of benzene rings is 2. The molecule has 0 aliphatic carbocycles. The molecule has 0 bridgehead atoms. The van der Waals surface area contributed by atoms with Crippen LogP contribution in [-0.2, 0) is 9.59 Å². The maximum Gasteiger partial charge on any atom is 0.230 e. The Kier molecular flexibility index (Phi) is 5.52. The minimum Gasteiger partial charge on any atom is -0.496 e. The van der Waals surface area contributed by atoms with Crippen molar-refractivity contribution in [3.05, 3.63) is 65.7 Å². The molecule has 3 rings (SSSR count). The first kappa shape index (κ1) is 18.3. The average Bonchev–Trinajstić information content (AvgIpc) is 3.01. The first-order valence-electron chi connectivity index (χ1n) is 8.25. The van der Waals surface area contributed by atoms with E-state index in [0.29, 0.717) is 11.3 Å². The molecule has 0 aromatic heterocycles. The summed E-state index contributed by atoms with van der Waals surface area (Å²) in [6.45, 7) is 0. The lowest BCUT2D eigenvalue weighted by molar-refractivity contribution is -0.141. The first-order chi connectivity index (χ1) is 12.5. The standard InChI is InChI=1S/C20H18BrNO4/c1-26-15-10-6-5-9-14(15)20(25)18(21)19(13-7-3-2-4-8-13)22-16(23)11-12-17(22)24/h2-10,18-19H,11-12H2,1H3/t18-,19-/m1/s1. The van der Waals surface area contributed by atoms with Gasteiger partial charge in [0.05, 0.1) is 18.7 Å². The number of halogens is 1. The highest BCUT2D eigenvalue weighted by Crippen LogP contribution is 2.36. The first-order valence-corrected chi connectivity index (χ1v) is 9.17. The van der Waals surface area contributed by atoms with Gasteiger partial charge < -0.3 is 4.74 Å². The molecule has 1 aliphatic rings. The van der Waals surface area contributed by atoms with Crippen LogP contribution in [0.3, 0.4) is 0 Å². The van der Waals surface area contributed by atoms with E-state index >= 15 is 0 Å².